The molecule has 0 radical (unpaired) electrons. The highest BCUT2D eigenvalue weighted by Crippen LogP contribution is 2.12. The minimum Gasteiger partial charge on any atom is -0.724 e. The topological polar surface area (TPSA) is 133 Å². The van der Waals surface area contributed by atoms with E-state index in [4.69, 9.17) is 0 Å². The van der Waals surface area contributed by atoms with Gasteiger partial charge >= 0.3 is 0 Å². The van der Waals surface area contributed by atoms with Gasteiger partial charge in [0.25, 0.3) is 0 Å². The number of unbranched alkanes of at least 4 members (excludes halogenated alkanes) is 18. The monoisotopic (exact) mass is 648 g/mol. The van der Waals surface area contributed by atoms with E-state index in [1.54, 1.807) is 0 Å². The van der Waals surface area contributed by atoms with Crippen LogP contribution >= 0.6 is 0 Å². The second-order valence-electron chi connectivity index (χ2n) is 13.3. The molecule has 42 heavy (non-hydrogen) atoms. The van der Waals surface area contributed by atoms with E-state index in [2.05, 4.69) is 64.8 Å². The Hall–Kier alpha value is -0.340. The Morgan fingerprint density at radius 3 is 0.762 bits per heavy atom. The fraction of sp³-hybridized carbons (Fsp3) is 1.00. The molecule has 0 N–H and O–H groups in total. The summed E-state index contributed by atoms with van der Waals surface area (Å²) in [5.74, 6) is 0. The molecule has 0 heterocycles. The molecule has 0 saturated carbocycles. The first-order valence-corrected chi connectivity index (χ1v) is 18.9. The highest BCUT2D eigenvalue weighted by molar-refractivity contribution is 7.83. The normalized spacial score (nSPS) is 12.3. The second-order valence-corrected chi connectivity index (χ2v) is 15.2. The average molecular weight is 649 g/mol. The lowest BCUT2D eigenvalue weighted by atomic mass is 10.1. The van der Waals surface area contributed by atoms with Gasteiger partial charge in [0.15, 0.2) is 0 Å². The SMILES string of the molecule is CCCCCCCCCCCC[N+](C)(C)C.CCCCCCCCCCCC[N+](C)(C)C.O=S(=O)([O-])OOS(=O)(=O)[O-]. The van der Waals surface area contributed by atoms with E-state index in [-0.39, 0.29) is 0 Å². The molecule has 0 aromatic rings. The molecule has 258 valence electrons. The Kier molecular flexibility index (Phi) is 30.9. The van der Waals surface area contributed by atoms with E-state index >= 15 is 0 Å². The van der Waals surface area contributed by atoms with Crippen LogP contribution in [-0.4, -0.2) is 90.3 Å². The highest BCUT2D eigenvalue weighted by Gasteiger charge is 2.06. The lowest BCUT2D eigenvalue weighted by molar-refractivity contribution is -0.870. The molecule has 0 rings (SSSR count). The number of nitrogens with zero attached hydrogens (tertiary/aromatic N) is 2. The van der Waals surface area contributed by atoms with Crippen molar-refractivity contribution >= 4 is 20.8 Å². The zero-order valence-electron chi connectivity index (χ0n) is 28.5. The summed E-state index contributed by atoms with van der Waals surface area (Å²) in [6.07, 6.45) is 28.8. The van der Waals surface area contributed by atoms with Crippen LogP contribution in [0.3, 0.4) is 0 Å². The van der Waals surface area contributed by atoms with Crippen molar-refractivity contribution in [3.05, 3.63) is 0 Å². The first kappa shape index (κ1) is 46.1. The highest BCUT2D eigenvalue weighted by atomic mass is 32.3. The summed E-state index contributed by atoms with van der Waals surface area (Å²) < 4.78 is 63.7. The van der Waals surface area contributed by atoms with Gasteiger partial charge in [0.1, 0.15) is 0 Å². The van der Waals surface area contributed by atoms with Crippen LogP contribution in [0.5, 0.6) is 0 Å². The molecular formula is C30H68N2O8S2. The predicted molar refractivity (Wildman–Crippen MR) is 171 cm³/mol. The van der Waals surface area contributed by atoms with Crippen LogP contribution in [0.4, 0.5) is 0 Å². The quantitative estimate of drug-likeness (QED) is 0.0256. The molecule has 0 unspecified atom stereocenters. The maximum Gasteiger partial charge on any atom is 0.246 e. The maximum absolute atomic E-state index is 9.37. The van der Waals surface area contributed by atoms with Crippen molar-refractivity contribution in [1.29, 1.82) is 0 Å². The number of hydrogen-bond donors (Lipinski definition) is 0. The maximum atomic E-state index is 9.37. The van der Waals surface area contributed by atoms with E-state index in [0.717, 1.165) is 8.97 Å². The standard InChI is InChI=1S/2C15H34N.H2O8S2/c2*1-5-6-7-8-9-10-11-12-13-14-15-16(2,3)4;1-9(2,3)7-8-10(4,5)6/h2*5-15H2,1-4H3;(H,1,2,3)(H,4,5,6)/q2*+1;/p-2. The minimum absolute atomic E-state index is 1.12. The fourth-order valence-corrected chi connectivity index (χ4v) is 4.76. The van der Waals surface area contributed by atoms with Crippen molar-refractivity contribution < 1.29 is 43.6 Å². The first-order valence-electron chi connectivity index (χ1n) is 16.2. The van der Waals surface area contributed by atoms with E-state index < -0.39 is 20.8 Å². The molecule has 0 bridgehead atoms. The van der Waals surface area contributed by atoms with E-state index in [9.17, 15) is 25.9 Å². The van der Waals surface area contributed by atoms with Crippen molar-refractivity contribution in [3.8, 4) is 0 Å². The fourth-order valence-electron chi connectivity index (χ4n) is 4.22. The van der Waals surface area contributed by atoms with Gasteiger partial charge in [-0.05, 0) is 25.7 Å². The number of rotatable bonds is 25. The van der Waals surface area contributed by atoms with Crippen LogP contribution in [0.25, 0.3) is 0 Å². The zero-order valence-corrected chi connectivity index (χ0v) is 30.2. The molecule has 0 aromatic heterocycles. The molecule has 0 aliphatic heterocycles. The zero-order chi connectivity index (χ0) is 33.0. The van der Waals surface area contributed by atoms with Crippen molar-refractivity contribution in [2.45, 2.75) is 142 Å². The van der Waals surface area contributed by atoms with Gasteiger partial charge in [-0.25, -0.2) is 16.8 Å². The smallest absolute Gasteiger partial charge is 0.246 e. The van der Waals surface area contributed by atoms with Crippen LogP contribution in [0.1, 0.15) is 142 Å². The Morgan fingerprint density at radius 2 is 0.595 bits per heavy atom. The minimum atomic E-state index is -5.31. The molecule has 0 aliphatic rings. The lowest BCUT2D eigenvalue weighted by Gasteiger charge is -2.23. The molecule has 10 nitrogen and oxygen atoms in total. The summed E-state index contributed by atoms with van der Waals surface area (Å²) in [6, 6.07) is 0. The number of quaternary nitrogens is 2. The Bertz CT molecular complexity index is 712. The van der Waals surface area contributed by atoms with Crippen LogP contribution in [0.15, 0.2) is 0 Å². The summed E-state index contributed by atoms with van der Waals surface area (Å²) in [5, 5.41) is 0. The van der Waals surface area contributed by atoms with Gasteiger partial charge in [-0.2, -0.15) is 0 Å². The summed E-state index contributed by atoms with van der Waals surface area (Å²) in [5.41, 5.74) is 0. The van der Waals surface area contributed by atoms with E-state index in [1.165, 1.54) is 142 Å². The molecule has 0 spiro atoms. The molecule has 0 fully saturated rings. The van der Waals surface area contributed by atoms with Crippen LogP contribution in [-0.2, 0) is 29.5 Å². The van der Waals surface area contributed by atoms with E-state index in [0.29, 0.717) is 0 Å². The molecule has 0 saturated heterocycles. The van der Waals surface area contributed by atoms with Gasteiger partial charge in [-0.3, -0.25) is 0 Å². The summed E-state index contributed by atoms with van der Waals surface area (Å²) in [7, 11) is 3.10. The largest absolute Gasteiger partial charge is 0.724 e. The van der Waals surface area contributed by atoms with Crippen molar-refractivity contribution in [1.82, 2.24) is 0 Å². The Morgan fingerprint density at radius 1 is 0.405 bits per heavy atom. The summed E-state index contributed by atoms with van der Waals surface area (Å²) in [4.78, 5) is 0. The lowest BCUT2D eigenvalue weighted by Crippen LogP contribution is -2.35. The molecule has 12 heteroatoms. The van der Waals surface area contributed by atoms with E-state index in [1.807, 2.05) is 0 Å². The van der Waals surface area contributed by atoms with Crippen LogP contribution in [0, 0.1) is 0 Å². The van der Waals surface area contributed by atoms with Gasteiger partial charge < -0.3 is 18.1 Å². The third-order valence-electron chi connectivity index (χ3n) is 6.56. The van der Waals surface area contributed by atoms with Crippen molar-refractivity contribution in [3.63, 3.8) is 0 Å². The third-order valence-corrected chi connectivity index (χ3v) is 7.11. The molecule has 0 amide bonds. The molecule has 0 aromatic carbocycles. The van der Waals surface area contributed by atoms with Gasteiger partial charge in [0.2, 0.25) is 20.8 Å². The Balaban J connectivity index is -0.000000560. The molecule has 0 atom stereocenters. The average Bonchev–Trinajstić information content (AvgIpc) is 2.84. The van der Waals surface area contributed by atoms with Gasteiger partial charge in [-0.15, -0.1) is 8.67 Å². The Labute approximate surface area is 261 Å². The summed E-state index contributed by atoms with van der Waals surface area (Å²) in [6.45, 7) is 7.23. The van der Waals surface area contributed by atoms with Crippen molar-refractivity contribution in [2.24, 2.45) is 0 Å². The van der Waals surface area contributed by atoms with Gasteiger partial charge in [-0.1, -0.05) is 117 Å². The van der Waals surface area contributed by atoms with Crippen LogP contribution in [0.2, 0.25) is 0 Å². The molecule has 0 aliphatic carbocycles. The summed E-state index contributed by atoms with van der Waals surface area (Å²) >= 11 is 0. The molecular weight excluding hydrogens is 580 g/mol. The second kappa shape index (κ2) is 28.2. The number of hydrogen-bond acceptors (Lipinski definition) is 8. The first-order chi connectivity index (χ1) is 19.3. The van der Waals surface area contributed by atoms with Crippen LogP contribution < -0.4 is 0 Å². The van der Waals surface area contributed by atoms with Gasteiger partial charge in [0, 0.05) is 0 Å². The third kappa shape index (κ3) is 55.6. The predicted octanol–water partition coefficient (Wildman–Crippen LogP) is 7.08. The van der Waals surface area contributed by atoms with Gasteiger partial charge in [0.05, 0.1) is 55.4 Å². The van der Waals surface area contributed by atoms with Crippen molar-refractivity contribution in [2.75, 3.05) is 55.4 Å².